The zero-order chi connectivity index (χ0) is 13.6. The van der Waals surface area contributed by atoms with E-state index in [0.29, 0.717) is 0 Å². The van der Waals surface area contributed by atoms with Crippen LogP contribution in [0.3, 0.4) is 0 Å². The summed E-state index contributed by atoms with van der Waals surface area (Å²) in [5.74, 6) is -6.01. The molecule has 0 heterocycles. The van der Waals surface area contributed by atoms with Gasteiger partial charge >= 0.3 is 53.4 Å². The Morgan fingerprint density at radius 1 is 1.11 bits per heavy atom. The minimum atomic E-state index is -2.82. The molecule has 10 heteroatoms. The normalized spacial score (nSPS) is 12.8. The molecule has 0 saturated heterocycles. The maximum atomic E-state index is 11.0. The second-order valence-electron chi connectivity index (χ2n) is 3.13. The standard InChI is InChI=1S/C8H11NO8.Na.H/c9-3-6(13)17-5(12)2-8(16,7(14)15)1-4(10)11;;/h16H,1-3,9H2,(H,10,11)(H,14,15);;/q;+1;-1. The van der Waals surface area contributed by atoms with E-state index in [9.17, 15) is 24.3 Å². The first-order valence-corrected chi connectivity index (χ1v) is 4.32. The average molecular weight is 273 g/mol. The van der Waals surface area contributed by atoms with Crippen LogP contribution in [0.2, 0.25) is 0 Å². The van der Waals surface area contributed by atoms with E-state index in [0.717, 1.165) is 0 Å². The number of nitrogens with two attached hydrogens (primary N) is 1. The first-order valence-electron chi connectivity index (χ1n) is 4.32. The van der Waals surface area contributed by atoms with Crippen molar-refractivity contribution in [1.82, 2.24) is 0 Å². The van der Waals surface area contributed by atoms with Crippen molar-refractivity contribution in [3.05, 3.63) is 0 Å². The van der Waals surface area contributed by atoms with Crippen molar-refractivity contribution in [2.75, 3.05) is 6.54 Å². The van der Waals surface area contributed by atoms with Gasteiger partial charge in [0.25, 0.3) is 0 Å². The fourth-order valence-electron chi connectivity index (χ4n) is 0.907. The summed E-state index contributed by atoms with van der Waals surface area (Å²) in [4.78, 5) is 42.5. The van der Waals surface area contributed by atoms with Crippen LogP contribution < -0.4 is 35.3 Å². The fraction of sp³-hybridized carbons (Fsp3) is 0.500. The van der Waals surface area contributed by atoms with Gasteiger partial charge in [0.05, 0.1) is 19.4 Å². The van der Waals surface area contributed by atoms with Crippen LogP contribution in [0.1, 0.15) is 14.3 Å². The fourth-order valence-corrected chi connectivity index (χ4v) is 0.907. The topological polar surface area (TPSA) is 164 Å². The van der Waals surface area contributed by atoms with Crippen molar-refractivity contribution in [2.45, 2.75) is 18.4 Å². The maximum absolute atomic E-state index is 11.0. The Labute approximate surface area is 125 Å². The van der Waals surface area contributed by atoms with Crippen LogP contribution in [0.15, 0.2) is 0 Å². The Morgan fingerprint density at radius 3 is 1.94 bits per heavy atom. The van der Waals surface area contributed by atoms with Gasteiger partial charge in [-0.05, 0) is 0 Å². The second kappa shape index (κ2) is 8.16. The Hall–Kier alpha value is -1.00. The van der Waals surface area contributed by atoms with Gasteiger partial charge in [-0.3, -0.25) is 14.4 Å². The molecule has 0 aromatic heterocycles. The van der Waals surface area contributed by atoms with Gasteiger partial charge in [-0.2, -0.15) is 0 Å². The summed E-state index contributed by atoms with van der Waals surface area (Å²) in [6.45, 7) is -0.601. The van der Waals surface area contributed by atoms with E-state index in [1.54, 1.807) is 0 Å². The monoisotopic (exact) mass is 273 g/mol. The van der Waals surface area contributed by atoms with Crippen molar-refractivity contribution >= 4 is 23.9 Å². The second-order valence-corrected chi connectivity index (χ2v) is 3.13. The van der Waals surface area contributed by atoms with Gasteiger partial charge in [0.1, 0.15) is 0 Å². The summed E-state index contributed by atoms with van der Waals surface area (Å²) < 4.78 is 4.01. The minimum Gasteiger partial charge on any atom is -1.00 e. The minimum absolute atomic E-state index is 0. The maximum Gasteiger partial charge on any atom is 1.00 e. The molecule has 5 N–H and O–H groups in total. The molecule has 0 aliphatic carbocycles. The van der Waals surface area contributed by atoms with Gasteiger partial charge in [0.15, 0.2) is 5.60 Å². The van der Waals surface area contributed by atoms with Gasteiger partial charge in [-0.15, -0.1) is 0 Å². The predicted octanol–water partition coefficient (Wildman–Crippen LogP) is -5.19. The van der Waals surface area contributed by atoms with Crippen molar-refractivity contribution in [2.24, 2.45) is 5.73 Å². The molecule has 0 radical (unpaired) electrons. The molecule has 1 atom stereocenters. The third kappa shape index (κ3) is 6.67. The number of carbonyl (C=O) groups is 4. The van der Waals surface area contributed by atoms with Crippen molar-refractivity contribution in [3.8, 4) is 0 Å². The molecule has 0 fully saturated rings. The summed E-state index contributed by atoms with van der Waals surface area (Å²) >= 11 is 0. The third-order valence-electron chi connectivity index (χ3n) is 1.67. The molecule has 1 unspecified atom stereocenters. The van der Waals surface area contributed by atoms with Crippen LogP contribution in [0.25, 0.3) is 0 Å². The van der Waals surface area contributed by atoms with E-state index in [-0.39, 0.29) is 31.0 Å². The average Bonchev–Trinajstić information content (AvgIpc) is 2.15. The van der Waals surface area contributed by atoms with E-state index in [1.807, 2.05) is 0 Å². The molecule has 9 nitrogen and oxygen atoms in total. The molecular weight excluding hydrogens is 261 g/mol. The predicted molar refractivity (Wildman–Crippen MR) is 50.7 cm³/mol. The zero-order valence-corrected chi connectivity index (χ0v) is 11.6. The Balaban J connectivity index is -0.00000128. The number of carbonyl (C=O) groups excluding carboxylic acids is 2. The molecule has 0 aromatic carbocycles. The van der Waals surface area contributed by atoms with Crippen LogP contribution in [0.4, 0.5) is 0 Å². The molecule has 18 heavy (non-hydrogen) atoms. The first-order chi connectivity index (χ1) is 7.71. The van der Waals surface area contributed by atoms with Gasteiger partial charge < -0.3 is 27.2 Å². The van der Waals surface area contributed by atoms with E-state index >= 15 is 0 Å². The summed E-state index contributed by atoms with van der Waals surface area (Å²) in [6.07, 6.45) is -2.37. The number of hydrogen-bond donors (Lipinski definition) is 4. The quantitative estimate of drug-likeness (QED) is 0.210. The number of hydrogen-bond acceptors (Lipinski definition) is 7. The SMILES string of the molecule is NCC(=O)OC(=O)CC(O)(CC(=O)O)C(=O)O.[H-].[Na+]. The molecule has 0 bridgehead atoms. The molecule has 0 rings (SSSR count). The molecule has 98 valence electrons. The van der Waals surface area contributed by atoms with E-state index in [2.05, 4.69) is 4.74 Å². The van der Waals surface area contributed by atoms with Crippen LogP contribution >= 0.6 is 0 Å². The van der Waals surface area contributed by atoms with E-state index in [1.165, 1.54) is 0 Å². The van der Waals surface area contributed by atoms with Gasteiger partial charge in [-0.1, -0.05) is 0 Å². The van der Waals surface area contributed by atoms with Crippen LogP contribution in [-0.2, 0) is 23.9 Å². The summed E-state index contributed by atoms with van der Waals surface area (Å²) in [6, 6.07) is 0. The zero-order valence-electron chi connectivity index (χ0n) is 10.6. The van der Waals surface area contributed by atoms with Gasteiger partial charge in [-0.25, -0.2) is 4.79 Å². The number of aliphatic hydroxyl groups is 1. The first kappa shape index (κ1) is 19.3. The van der Waals surface area contributed by atoms with Crippen molar-refractivity contribution in [1.29, 1.82) is 0 Å². The van der Waals surface area contributed by atoms with Gasteiger partial charge in [0, 0.05) is 0 Å². The Bertz CT molecular complexity index is 363. The molecule has 0 spiro atoms. The number of aliphatic carboxylic acids is 2. The third-order valence-corrected chi connectivity index (χ3v) is 1.67. The van der Waals surface area contributed by atoms with E-state index < -0.39 is 48.9 Å². The Morgan fingerprint density at radius 2 is 1.61 bits per heavy atom. The molecule has 0 aliphatic heterocycles. The number of carboxylic acid groups (broad SMARTS) is 2. The van der Waals surface area contributed by atoms with Crippen molar-refractivity contribution in [3.63, 3.8) is 0 Å². The van der Waals surface area contributed by atoms with Crippen molar-refractivity contribution < 1.29 is 70.2 Å². The smallest absolute Gasteiger partial charge is 1.00 e. The summed E-state index contributed by atoms with van der Waals surface area (Å²) in [7, 11) is 0. The summed E-state index contributed by atoms with van der Waals surface area (Å²) in [5.41, 5.74) is 2.00. The molecular formula is C8H12NNaO8. The molecule has 0 saturated carbocycles. The Kier molecular flexibility index (Phi) is 8.77. The van der Waals surface area contributed by atoms with Gasteiger partial charge in [0.2, 0.25) is 0 Å². The van der Waals surface area contributed by atoms with Crippen LogP contribution in [0, 0.1) is 0 Å². The molecule has 0 aliphatic rings. The number of esters is 2. The summed E-state index contributed by atoms with van der Waals surface area (Å²) in [5, 5.41) is 26.4. The molecule has 0 amide bonds. The van der Waals surface area contributed by atoms with Crippen LogP contribution in [0.5, 0.6) is 0 Å². The number of ether oxygens (including phenoxy) is 1. The van der Waals surface area contributed by atoms with Crippen LogP contribution in [-0.4, -0.2) is 51.3 Å². The van der Waals surface area contributed by atoms with E-state index in [4.69, 9.17) is 15.9 Å². The number of rotatable bonds is 6. The largest absolute Gasteiger partial charge is 1.00 e. The number of carboxylic acids is 2. The molecule has 0 aromatic rings.